The number of rotatable bonds is 5. The number of thiophene rings is 1. The molecule has 0 spiro atoms. The molecule has 2 heterocycles. The van der Waals surface area contributed by atoms with Crippen LogP contribution in [0.3, 0.4) is 0 Å². The number of nitrogens with zero attached hydrogens (tertiary/aromatic N) is 1. The van der Waals surface area contributed by atoms with Crippen molar-refractivity contribution in [2.24, 2.45) is 5.92 Å². The van der Waals surface area contributed by atoms with E-state index in [0.717, 1.165) is 12.5 Å². The minimum Gasteiger partial charge on any atom is -0.317 e. The molecule has 17 heavy (non-hydrogen) atoms. The molecule has 1 N–H and O–H groups in total. The Hall–Kier alpha value is 0.1000. The summed E-state index contributed by atoms with van der Waals surface area (Å²) in [5.74, 6) is 0.939. The van der Waals surface area contributed by atoms with Crippen molar-refractivity contribution in [1.82, 2.24) is 10.2 Å². The van der Waals surface area contributed by atoms with Gasteiger partial charge >= 0.3 is 0 Å². The van der Waals surface area contributed by atoms with E-state index < -0.39 is 0 Å². The summed E-state index contributed by atoms with van der Waals surface area (Å²) < 4.78 is 1.24. The molecule has 1 aromatic rings. The highest BCUT2D eigenvalue weighted by Gasteiger charge is 2.13. The molecule has 2 nitrogen and oxygen atoms in total. The molecule has 1 saturated heterocycles. The molecular weight excluding hydrogens is 296 g/mol. The van der Waals surface area contributed by atoms with E-state index in [-0.39, 0.29) is 0 Å². The summed E-state index contributed by atoms with van der Waals surface area (Å²) in [6.45, 7) is 4.74. The average Bonchev–Trinajstić information content (AvgIpc) is 2.73. The first-order valence-electron chi connectivity index (χ1n) is 6.37. The summed E-state index contributed by atoms with van der Waals surface area (Å²) in [6, 6.07) is 4.36. The smallest absolute Gasteiger partial charge is 0.0701 e. The fraction of sp³-hybridized carbons (Fsp3) is 0.692. The molecule has 2 rings (SSSR count). The summed E-state index contributed by atoms with van der Waals surface area (Å²) in [7, 11) is 2.23. The van der Waals surface area contributed by atoms with Crippen LogP contribution in [-0.4, -0.2) is 31.6 Å². The largest absolute Gasteiger partial charge is 0.317 e. The zero-order chi connectivity index (χ0) is 12.1. The lowest BCUT2D eigenvalue weighted by molar-refractivity contribution is 0.267. The lowest BCUT2D eigenvalue weighted by Crippen LogP contribution is -2.30. The van der Waals surface area contributed by atoms with Gasteiger partial charge in [0.05, 0.1) is 3.79 Å². The number of piperidine rings is 1. The minimum absolute atomic E-state index is 0.939. The highest BCUT2D eigenvalue weighted by Crippen LogP contribution is 2.23. The van der Waals surface area contributed by atoms with Crippen molar-refractivity contribution < 1.29 is 0 Å². The lowest BCUT2D eigenvalue weighted by Gasteiger charge is -2.25. The second-order valence-electron chi connectivity index (χ2n) is 4.93. The Balaban J connectivity index is 1.68. The van der Waals surface area contributed by atoms with E-state index in [4.69, 9.17) is 0 Å². The van der Waals surface area contributed by atoms with Crippen molar-refractivity contribution in [1.29, 1.82) is 0 Å². The summed E-state index contributed by atoms with van der Waals surface area (Å²) in [6.07, 6.45) is 4.07. The second kappa shape index (κ2) is 6.88. The Morgan fingerprint density at radius 1 is 1.41 bits per heavy atom. The molecule has 0 saturated carbocycles. The number of halogens is 1. The van der Waals surface area contributed by atoms with E-state index in [1.165, 1.54) is 47.6 Å². The molecule has 0 aliphatic carbocycles. The quantitative estimate of drug-likeness (QED) is 0.896. The van der Waals surface area contributed by atoms with E-state index in [0.29, 0.717) is 0 Å². The van der Waals surface area contributed by atoms with Gasteiger partial charge in [-0.05, 0) is 79.9 Å². The van der Waals surface area contributed by atoms with Gasteiger partial charge in [0.15, 0.2) is 0 Å². The van der Waals surface area contributed by atoms with Gasteiger partial charge in [0, 0.05) is 11.4 Å². The van der Waals surface area contributed by atoms with Gasteiger partial charge in [-0.2, -0.15) is 0 Å². The predicted molar refractivity (Wildman–Crippen MR) is 78.6 cm³/mol. The summed E-state index contributed by atoms with van der Waals surface area (Å²) in [4.78, 5) is 3.89. The van der Waals surface area contributed by atoms with Gasteiger partial charge in [-0.1, -0.05) is 0 Å². The van der Waals surface area contributed by atoms with Crippen LogP contribution in [0.4, 0.5) is 0 Å². The van der Waals surface area contributed by atoms with Crippen LogP contribution < -0.4 is 5.32 Å². The maximum atomic E-state index is 3.52. The molecule has 0 amide bonds. The van der Waals surface area contributed by atoms with Gasteiger partial charge in [0.25, 0.3) is 0 Å². The van der Waals surface area contributed by atoms with Crippen molar-refractivity contribution in [3.05, 3.63) is 20.8 Å². The molecule has 1 aliphatic heterocycles. The third kappa shape index (κ3) is 4.70. The van der Waals surface area contributed by atoms with E-state index in [1.54, 1.807) is 0 Å². The van der Waals surface area contributed by atoms with Crippen molar-refractivity contribution in [2.45, 2.75) is 25.8 Å². The zero-order valence-electron chi connectivity index (χ0n) is 10.4. The van der Waals surface area contributed by atoms with Crippen molar-refractivity contribution >= 4 is 27.3 Å². The van der Waals surface area contributed by atoms with Crippen LogP contribution in [0.25, 0.3) is 0 Å². The molecule has 0 aromatic carbocycles. The van der Waals surface area contributed by atoms with Crippen LogP contribution in [0.1, 0.15) is 24.1 Å². The molecular formula is C13H21BrN2S. The molecule has 0 radical (unpaired) electrons. The number of nitrogens with one attached hydrogen (secondary N) is 1. The first-order valence-corrected chi connectivity index (χ1v) is 7.98. The molecule has 1 aromatic heterocycles. The van der Waals surface area contributed by atoms with E-state index in [9.17, 15) is 0 Å². The summed E-state index contributed by atoms with van der Waals surface area (Å²) >= 11 is 5.36. The maximum Gasteiger partial charge on any atom is 0.0701 e. The Bertz CT molecular complexity index is 334. The molecule has 0 atom stereocenters. The zero-order valence-corrected chi connectivity index (χ0v) is 12.8. The van der Waals surface area contributed by atoms with Crippen LogP contribution in [0.2, 0.25) is 0 Å². The summed E-state index contributed by atoms with van der Waals surface area (Å²) in [5, 5.41) is 3.43. The van der Waals surface area contributed by atoms with E-state index in [2.05, 4.69) is 45.3 Å². The van der Waals surface area contributed by atoms with E-state index in [1.807, 2.05) is 11.3 Å². The first-order chi connectivity index (χ1) is 8.24. The third-order valence-corrected chi connectivity index (χ3v) is 5.04. The summed E-state index contributed by atoms with van der Waals surface area (Å²) in [5.41, 5.74) is 0. The lowest BCUT2D eigenvalue weighted by atomic mass is 9.94. The standard InChI is InChI=1S/C13H21BrN2S/c1-16(10-12-2-3-13(14)17-12)9-6-11-4-7-15-8-5-11/h2-3,11,15H,4-10H2,1H3. The molecule has 1 fully saturated rings. The maximum absolute atomic E-state index is 3.52. The Morgan fingerprint density at radius 3 is 2.82 bits per heavy atom. The van der Waals surface area contributed by atoms with Crippen molar-refractivity contribution in [3.8, 4) is 0 Å². The van der Waals surface area contributed by atoms with Gasteiger partial charge in [0.2, 0.25) is 0 Å². The normalized spacial score (nSPS) is 17.8. The fourth-order valence-electron chi connectivity index (χ4n) is 2.36. The highest BCUT2D eigenvalue weighted by atomic mass is 79.9. The van der Waals surface area contributed by atoms with Crippen LogP contribution >= 0.6 is 27.3 Å². The van der Waals surface area contributed by atoms with Crippen LogP contribution in [0.5, 0.6) is 0 Å². The number of hydrogen-bond acceptors (Lipinski definition) is 3. The topological polar surface area (TPSA) is 15.3 Å². The fourth-order valence-corrected chi connectivity index (χ4v) is 3.92. The Kier molecular flexibility index (Phi) is 5.48. The average molecular weight is 317 g/mol. The molecule has 1 aliphatic rings. The first kappa shape index (κ1) is 13.5. The van der Waals surface area contributed by atoms with Gasteiger partial charge < -0.3 is 10.2 Å². The Labute approximate surface area is 117 Å². The van der Waals surface area contributed by atoms with Crippen molar-refractivity contribution in [3.63, 3.8) is 0 Å². The molecule has 0 bridgehead atoms. The monoisotopic (exact) mass is 316 g/mol. The van der Waals surface area contributed by atoms with Gasteiger partial charge in [0.1, 0.15) is 0 Å². The van der Waals surface area contributed by atoms with Gasteiger partial charge in [-0.25, -0.2) is 0 Å². The SMILES string of the molecule is CN(CCC1CCNCC1)Cc1ccc(Br)s1. The van der Waals surface area contributed by atoms with Crippen LogP contribution in [0.15, 0.2) is 15.9 Å². The molecule has 96 valence electrons. The van der Waals surface area contributed by atoms with Crippen molar-refractivity contribution in [2.75, 3.05) is 26.7 Å². The van der Waals surface area contributed by atoms with Gasteiger partial charge in [-0.15, -0.1) is 11.3 Å². The second-order valence-corrected chi connectivity index (χ2v) is 7.47. The Morgan fingerprint density at radius 2 is 2.18 bits per heavy atom. The third-order valence-electron chi connectivity index (χ3n) is 3.43. The number of hydrogen-bond donors (Lipinski definition) is 1. The van der Waals surface area contributed by atoms with Gasteiger partial charge in [-0.3, -0.25) is 0 Å². The molecule has 0 unspecified atom stereocenters. The highest BCUT2D eigenvalue weighted by molar-refractivity contribution is 9.11. The van der Waals surface area contributed by atoms with Crippen LogP contribution in [-0.2, 0) is 6.54 Å². The van der Waals surface area contributed by atoms with Crippen LogP contribution in [0, 0.1) is 5.92 Å². The minimum atomic E-state index is 0.939. The van der Waals surface area contributed by atoms with E-state index >= 15 is 0 Å². The predicted octanol–water partition coefficient (Wildman–Crippen LogP) is 3.33. The molecule has 4 heteroatoms.